The predicted octanol–water partition coefficient (Wildman–Crippen LogP) is 3.09. The molecule has 7 nitrogen and oxygen atoms in total. The monoisotopic (exact) mass is 409 g/mol. The summed E-state index contributed by atoms with van der Waals surface area (Å²) in [5.41, 5.74) is 0.808. The summed E-state index contributed by atoms with van der Waals surface area (Å²) in [7, 11) is 0. The number of ether oxygens (including phenoxy) is 1. The molecule has 0 spiro atoms. The largest absolute Gasteiger partial charge is 0.494 e. The van der Waals surface area contributed by atoms with Crippen molar-refractivity contribution < 1.29 is 19.1 Å². The summed E-state index contributed by atoms with van der Waals surface area (Å²) < 4.78 is 5.29. The predicted molar refractivity (Wildman–Crippen MR) is 104 cm³/mol. The van der Waals surface area contributed by atoms with Crippen LogP contribution >= 0.6 is 23.2 Å². The fraction of sp³-hybridized carbons (Fsp3) is 0.167. The molecule has 3 N–H and O–H groups in total. The third kappa shape index (κ3) is 6.80. The second-order valence-electron chi connectivity index (χ2n) is 5.30. The summed E-state index contributed by atoms with van der Waals surface area (Å²) in [4.78, 5) is 35.5. The van der Waals surface area contributed by atoms with Crippen LogP contribution in [-0.2, 0) is 14.4 Å². The van der Waals surface area contributed by atoms with Gasteiger partial charge in [-0.05, 0) is 49.4 Å². The van der Waals surface area contributed by atoms with Gasteiger partial charge in [-0.1, -0.05) is 23.2 Å². The molecule has 0 aliphatic heterocycles. The van der Waals surface area contributed by atoms with Crippen molar-refractivity contribution in [2.75, 3.05) is 23.8 Å². The maximum Gasteiger partial charge on any atom is 0.313 e. The van der Waals surface area contributed by atoms with E-state index in [0.29, 0.717) is 33.8 Å². The molecule has 0 radical (unpaired) electrons. The van der Waals surface area contributed by atoms with Crippen LogP contribution in [0.15, 0.2) is 42.5 Å². The normalized spacial score (nSPS) is 10.0. The lowest BCUT2D eigenvalue weighted by molar-refractivity contribution is -0.136. The minimum absolute atomic E-state index is 0.358. The first-order chi connectivity index (χ1) is 12.9. The van der Waals surface area contributed by atoms with E-state index in [1.165, 1.54) is 18.2 Å². The molecule has 0 aliphatic carbocycles. The molecule has 0 saturated heterocycles. The maximum atomic E-state index is 11.9. The van der Waals surface area contributed by atoms with Crippen molar-refractivity contribution in [2.45, 2.75) is 6.92 Å². The molecule has 0 aromatic heterocycles. The van der Waals surface area contributed by atoms with Gasteiger partial charge in [0.15, 0.2) is 0 Å². The average molecular weight is 410 g/mol. The smallest absolute Gasteiger partial charge is 0.313 e. The zero-order valence-corrected chi connectivity index (χ0v) is 15.9. The van der Waals surface area contributed by atoms with E-state index in [2.05, 4.69) is 16.0 Å². The molecule has 9 heteroatoms. The summed E-state index contributed by atoms with van der Waals surface area (Å²) in [5, 5.41) is 7.89. The standard InChI is InChI=1S/C18H17Cl2N3O4/c1-2-27-15-5-3-13(4-6-15)23-18(26)17(25)21-10-16(24)22-14-8-11(19)7-12(20)9-14/h3-9H,2,10H2,1H3,(H,21,25)(H,22,24)(H,23,26). The number of benzene rings is 2. The minimum atomic E-state index is -0.942. The van der Waals surface area contributed by atoms with Gasteiger partial charge in [0.25, 0.3) is 0 Å². The van der Waals surface area contributed by atoms with Crippen molar-refractivity contribution in [3.8, 4) is 5.75 Å². The van der Waals surface area contributed by atoms with Gasteiger partial charge in [0.2, 0.25) is 5.91 Å². The number of carbonyl (C=O) groups is 3. The number of halogens is 2. The van der Waals surface area contributed by atoms with Crippen LogP contribution in [-0.4, -0.2) is 30.9 Å². The van der Waals surface area contributed by atoms with Crippen molar-refractivity contribution in [1.82, 2.24) is 5.32 Å². The van der Waals surface area contributed by atoms with Gasteiger partial charge >= 0.3 is 11.8 Å². The fourth-order valence-corrected chi connectivity index (χ4v) is 2.59. The summed E-state index contributed by atoms with van der Waals surface area (Å²) in [6, 6.07) is 11.1. The highest BCUT2D eigenvalue weighted by atomic mass is 35.5. The molecule has 0 atom stereocenters. The first-order valence-electron chi connectivity index (χ1n) is 7.95. The summed E-state index contributed by atoms with van der Waals surface area (Å²) in [6.45, 7) is 1.99. The van der Waals surface area contributed by atoms with E-state index in [1.54, 1.807) is 24.3 Å². The van der Waals surface area contributed by atoms with Crippen LogP contribution in [0.3, 0.4) is 0 Å². The Labute approximate surface area is 166 Å². The quantitative estimate of drug-likeness (QED) is 0.638. The Hall–Kier alpha value is -2.77. The molecule has 0 heterocycles. The lowest BCUT2D eigenvalue weighted by Crippen LogP contribution is -2.39. The molecular formula is C18H17Cl2N3O4. The van der Waals surface area contributed by atoms with Crippen LogP contribution < -0.4 is 20.7 Å². The fourth-order valence-electron chi connectivity index (χ4n) is 2.06. The van der Waals surface area contributed by atoms with Crippen molar-refractivity contribution in [2.24, 2.45) is 0 Å². The molecule has 2 rings (SSSR count). The minimum Gasteiger partial charge on any atom is -0.494 e. The Balaban J connectivity index is 1.81. The second kappa shape index (κ2) is 9.80. The lowest BCUT2D eigenvalue weighted by atomic mass is 10.3. The number of hydrogen-bond acceptors (Lipinski definition) is 4. The van der Waals surface area contributed by atoms with Gasteiger partial charge in [-0.3, -0.25) is 14.4 Å². The molecule has 2 aromatic carbocycles. The number of hydrogen-bond donors (Lipinski definition) is 3. The van der Waals surface area contributed by atoms with Gasteiger partial charge in [-0.15, -0.1) is 0 Å². The molecule has 0 aliphatic rings. The van der Waals surface area contributed by atoms with E-state index in [4.69, 9.17) is 27.9 Å². The Kier molecular flexibility index (Phi) is 7.45. The number of amides is 3. The van der Waals surface area contributed by atoms with Crippen molar-refractivity contribution in [3.05, 3.63) is 52.5 Å². The average Bonchev–Trinajstić information content (AvgIpc) is 2.60. The SMILES string of the molecule is CCOc1ccc(NC(=O)C(=O)NCC(=O)Nc2cc(Cl)cc(Cl)c2)cc1. The highest BCUT2D eigenvalue weighted by Gasteiger charge is 2.15. The Morgan fingerprint density at radius 2 is 1.52 bits per heavy atom. The summed E-state index contributed by atoms with van der Waals surface area (Å²) in [6.07, 6.45) is 0. The van der Waals surface area contributed by atoms with Crippen LogP contribution in [0.4, 0.5) is 11.4 Å². The van der Waals surface area contributed by atoms with E-state index in [1.807, 2.05) is 6.92 Å². The van der Waals surface area contributed by atoms with Gasteiger partial charge in [0, 0.05) is 21.4 Å². The van der Waals surface area contributed by atoms with E-state index in [9.17, 15) is 14.4 Å². The molecule has 27 heavy (non-hydrogen) atoms. The van der Waals surface area contributed by atoms with Crippen LogP contribution in [0.25, 0.3) is 0 Å². The Morgan fingerprint density at radius 1 is 0.889 bits per heavy atom. The number of anilines is 2. The number of nitrogens with one attached hydrogen (secondary N) is 3. The van der Waals surface area contributed by atoms with Crippen molar-refractivity contribution >= 4 is 52.3 Å². The Morgan fingerprint density at radius 3 is 2.11 bits per heavy atom. The van der Waals surface area contributed by atoms with Crippen LogP contribution in [0.2, 0.25) is 10.0 Å². The van der Waals surface area contributed by atoms with Gasteiger partial charge in [-0.25, -0.2) is 0 Å². The van der Waals surface area contributed by atoms with Crippen molar-refractivity contribution in [3.63, 3.8) is 0 Å². The zero-order chi connectivity index (χ0) is 19.8. The summed E-state index contributed by atoms with van der Waals surface area (Å²) in [5.74, 6) is -1.71. The topological polar surface area (TPSA) is 96.5 Å². The molecule has 2 aromatic rings. The summed E-state index contributed by atoms with van der Waals surface area (Å²) >= 11 is 11.7. The zero-order valence-electron chi connectivity index (χ0n) is 14.3. The first-order valence-corrected chi connectivity index (χ1v) is 8.71. The van der Waals surface area contributed by atoms with Crippen LogP contribution in [0.5, 0.6) is 5.75 Å². The van der Waals surface area contributed by atoms with Gasteiger partial charge < -0.3 is 20.7 Å². The third-order valence-corrected chi connectivity index (χ3v) is 3.62. The van der Waals surface area contributed by atoms with Crippen LogP contribution in [0, 0.1) is 0 Å². The maximum absolute atomic E-state index is 11.9. The molecular weight excluding hydrogens is 393 g/mol. The first kappa shape index (κ1) is 20.5. The van der Waals surface area contributed by atoms with E-state index >= 15 is 0 Å². The molecule has 0 unspecified atom stereocenters. The lowest BCUT2D eigenvalue weighted by Gasteiger charge is -2.09. The van der Waals surface area contributed by atoms with Gasteiger partial charge in [0.05, 0.1) is 13.2 Å². The van der Waals surface area contributed by atoms with Crippen molar-refractivity contribution in [1.29, 1.82) is 0 Å². The number of rotatable bonds is 6. The number of carbonyl (C=O) groups excluding carboxylic acids is 3. The second-order valence-corrected chi connectivity index (χ2v) is 6.17. The molecule has 0 saturated carbocycles. The van der Waals surface area contributed by atoms with E-state index < -0.39 is 17.7 Å². The molecule has 3 amide bonds. The Bertz CT molecular complexity index is 821. The molecule has 0 bridgehead atoms. The highest BCUT2D eigenvalue weighted by Crippen LogP contribution is 2.22. The van der Waals surface area contributed by atoms with E-state index in [0.717, 1.165) is 0 Å². The molecule has 142 valence electrons. The van der Waals surface area contributed by atoms with Gasteiger partial charge in [0.1, 0.15) is 5.75 Å². The molecule has 0 fully saturated rings. The highest BCUT2D eigenvalue weighted by molar-refractivity contribution is 6.40. The van der Waals surface area contributed by atoms with E-state index in [-0.39, 0.29) is 6.54 Å². The third-order valence-electron chi connectivity index (χ3n) is 3.19. The van der Waals surface area contributed by atoms with Crippen LogP contribution in [0.1, 0.15) is 6.92 Å². The van der Waals surface area contributed by atoms with Gasteiger partial charge in [-0.2, -0.15) is 0 Å².